The summed E-state index contributed by atoms with van der Waals surface area (Å²) >= 11 is 9.39. The van der Waals surface area contributed by atoms with E-state index in [1.165, 1.54) is 11.9 Å². The summed E-state index contributed by atoms with van der Waals surface area (Å²) in [5.74, 6) is 0. The SMILES string of the molecule is SC1=CNN(S)S1.[NaH].[NaH]. The standard InChI is InChI=1S/C2H4N2S3.2Na.2H/c5-2-1-3-4(6)7-2;;;;/h1,3,5-6H;;;;. The van der Waals surface area contributed by atoms with Gasteiger partial charge >= 0.3 is 59.1 Å². The van der Waals surface area contributed by atoms with Gasteiger partial charge in [0.2, 0.25) is 0 Å². The molecule has 0 atom stereocenters. The van der Waals surface area contributed by atoms with Crippen molar-refractivity contribution in [1.82, 2.24) is 9.25 Å². The average Bonchev–Trinajstić information content (AvgIpc) is 1.87. The minimum atomic E-state index is 0. The molecule has 2 nitrogen and oxygen atoms in total. The molecular weight excluding hydrogens is 194 g/mol. The first-order valence-electron chi connectivity index (χ1n) is 1.61. The van der Waals surface area contributed by atoms with E-state index >= 15 is 0 Å². The molecular formula is C2H6N2Na2S3. The quantitative estimate of drug-likeness (QED) is 0.284. The van der Waals surface area contributed by atoms with Gasteiger partial charge in [0.25, 0.3) is 0 Å². The summed E-state index contributed by atoms with van der Waals surface area (Å²) in [5, 5.41) is 0. The molecule has 0 amide bonds. The van der Waals surface area contributed by atoms with Crippen LogP contribution in [0.3, 0.4) is 0 Å². The van der Waals surface area contributed by atoms with Crippen molar-refractivity contribution in [2.75, 3.05) is 0 Å². The van der Waals surface area contributed by atoms with Gasteiger partial charge in [0, 0.05) is 6.20 Å². The molecule has 0 radical (unpaired) electrons. The van der Waals surface area contributed by atoms with Crippen molar-refractivity contribution in [3.63, 3.8) is 0 Å². The molecule has 0 saturated carbocycles. The van der Waals surface area contributed by atoms with Crippen molar-refractivity contribution < 1.29 is 0 Å². The van der Waals surface area contributed by atoms with Crippen LogP contribution in [0.1, 0.15) is 0 Å². The molecule has 7 heteroatoms. The monoisotopic (exact) mass is 200 g/mol. The van der Waals surface area contributed by atoms with Gasteiger partial charge in [-0.1, -0.05) is 12.8 Å². The van der Waals surface area contributed by atoms with Crippen molar-refractivity contribution in [3.05, 3.63) is 10.4 Å². The number of rotatable bonds is 0. The Morgan fingerprint density at radius 2 is 2.11 bits per heavy atom. The third-order valence-electron chi connectivity index (χ3n) is 0.478. The van der Waals surface area contributed by atoms with Gasteiger partial charge in [0.15, 0.2) is 0 Å². The molecule has 9 heavy (non-hydrogen) atoms. The molecule has 0 aromatic rings. The van der Waals surface area contributed by atoms with Crippen LogP contribution in [0.2, 0.25) is 0 Å². The number of nitrogens with zero attached hydrogens (tertiary/aromatic N) is 1. The molecule has 0 spiro atoms. The van der Waals surface area contributed by atoms with Gasteiger partial charge in [0.1, 0.15) is 0 Å². The molecule has 0 bridgehead atoms. The first-order valence-corrected chi connectivity index (χ1v) is 3.23. The van der Waals surface area contributed by atoms with E-state index in [1.807, 2.05) is 0 Å². The van der Waals surface area contributed by atoms with Crippen LogP contribution in [0.5, 0.6) is 0 Å². The number of hydrogen-bond acceptors (Lipinski definition) is 5. The van der Waals surface area contributed by atoms with Crippen LogP contribution in [0.4, 0.5) is 0 Å². The summed E-state index contributed by atoms with van der Waals surface area (Å²) in [6.45, 7) is 0. The molecule has 1 heterocycles. The van der Waals surface area contributed by atoms with Crippen LogP contribution in [0.25, 0.3) is 0 Å². The maximum absolute atomic E-state index is 4.02. The van der Waals surface area contributed by atoms with E-state index in [0.717, 1.165) is 4.24 Å². The first kappa shape index (κ1) is 14.1. The van der Waals surface area contributed by atoms with E-state index in [0.29, 0.717) is 0 Å². The Bertz CT molecular complexity index is 108. The van der Waals surface area contributed by atoms with Crippen LogP contribution in [-0.2, 0) is 0 Å². The number of hydrogen-bond donors (Lipinski definition) is 3. The Labute approximate surface area is 114 Å². The Hall–Kier alpha value is 2.55. The topological polar surface area (TPSA) is 15.3 Å². The zero-order chi connectivity index (χ0) is 5.28. The number of nitrogens with one attached hydrogen (secondary N) is 1. The van der Waals surface area contributed by atoms with Crippen LogP contribution < -0.4 is 5.43 Å². The minimum absolute atomic E-state index is 0. The molecule has 0 aromatic carbocycles. The summed E-state index contributed by atoms with van der Waals surface area (Å²) in [7, 11) is 0. The van der Waals surface area contributed by atoms with E-state index in [4.69, 9.17) is 0 Å². The molecule has 1 rings (SSSR count). The van der Waals surface area contributed by atoms with Crippen molar-refractivity contribution >= 4 is 96.5 Å². The van der Waals surface area contributed by atoms with E-state index in [9.17, 15) is 0 Å². The fourth-order valence-electron chi connectivity index (χ4n) is 0.252. The Kier molecular flexibility index (Phi) is 11.3. The zero-order valence-corrected chi connectivity index (χ0v) is 5.93. The van der Waals surface area contributed by atoms with Crippen LogP contribution in [-0.4, -0.2) is 62.9 Å². The van der Waals surface area contributed by atoms with Crippen LogP contribution in [0.15, 0.2) is 10.4 Å². The zero-order valence-electron chi connectivity index (χ0n) is 3.33. The predicted molar refractivity (Wildman–Crippen MR) is 52.9 cm³/mol. The molecule has 0 fully saturated rings. The predicted octanol–water partition coefficient (Wildman–Crippen LogP) is -0.269. The third kappa shape index (κ3) is 5.78. The normalized spacial score (nSPS) is 16.9. The van der Waals surface area contributed by atoms with Crippen molar-refractivity contribution in [3.8, 4) is 0 Å². The van der Waals surface area contributed by atoms with Gasteiger partial charge in [-0.3, -0.25) is 0 Å². The second-order valence-corrected chi connectivity index (χ2v) is 3.42. The van der Waals surface area contributed by atoms with Gasteiger partial charge in [0.05, 0.1) is 4.24 Å². The second kappa shape index (κ2) is 7.21. The fraction of sp³-hybridized carbons (Fsp3) is 0. The number of hydrazine groups is 1. The molecule has 0 saturated heterocycles. The van der Waals surface area contributed by atoms with E-state index in [-0.39, 0.29) is 59.1 Å². The van der Waals surface area contributed by atoms with Crippen molar-refractivity contribution in [2.24, 2.45) is 0 Å². The molecule has 0 aliphatic carbocycles. The summed E-state index contributed by atoms with van der Waals surface area (Å²) in [6, 6.07) is 0. The summed E-state index contributed by atoms with van der Waals surface area (Å²) in [4.78, 5) is 0. The average molecular weight is 200 g/mol. The Balaban J connectivity index is 0. The summed E-state index contributed by atoms with van der Waals surface area (Å²) < 4.78 is 2.50. The second-order valence-electron chi connectivity index (χ2n) is 0.976. The first-order chi connectivity index (χ1) is 3.29. The van der Waals surface area contributed by atoms with Gasteiger partial charge in [-0.05, 0) is 11.9 Å². The molecule has 1 aliphatic heterocycles. The van der Waals surface area contributed by atoms with Gasteiger partial charge in [-0.2, -0.15) is 0 Å². The van der Waals surface area contributed by atoms with E-state index in [2.05, 4.69) is 30.9 Å². The van der Waals surface area contributed by atoms with Gasteiger partial charge in [-0.15, -0.1) is 16.4 Å². The summed E-state index contributed by atoms with van der Waals surface area (Å²) in [6.07, 6.45) is 1.76. The van der Waals surface area contributed by atoms with Crippen molar-refractivity contribution in [2.45, 2.75) is 0 Å². The Morgan fingerprint density at radius 1 is 1.56 bits per heavy atom. The molecule has 1 aliphatic rings. The molecule has 44 valence electrons. The third-order valence-corrected chi connectivity index (χ3v) is 1.80. The fourth-order valence-corrected chi connectivity index (χ4v) is 1.46. The van der Waals surface area contributed by atoms with E-state index < -0.39 is 0 Å². The summed E-state index contributed by atoms with van der Waals surface area (Å²) in [5.41, 5.74) is 2.79. The Morgan fingerprint density at radius 3 is 2.22 bits per heavy atom. The van der Waals surface area contributed by atoms with E-state index in [1.54, 1.807) is 10.0 Å². The molecule has 0 unspecified atom stereocenters. The molecule has 0 aromatic heterocycles. The molecule has 1 N–H and O–H groups in total. The van der Waals surface area contributed by atoms with Crippen LogP contribution in [0, 0.1) is 0 Å². The number of thiol groups is 2. The van der Waals surface area contributed by atoms with Crippen LogP contribution >= 0.6 is 37.4 Å². The van der Waals surface area contributed by atoms with Gasteiger partial charge in [-0.25, -0.2) is 0 Å². The van der Waals surface area contributed by atoms with Crippen molar-refractivity contribution in [1.29, 1.82) is 0 Å². The van der Waals surface area contributed by atoms with Gasteiger partial charge < -0.3 is 5.43 Å². The maximum atomic E-state index is 4.02.